The summed E-state index contributed by atoms with van der Waals surface area (Å²) in [6, 6.07) is 0. The second kappa shape index (κ2) is 3.87. The third-order valence-corrected chi connectivity index (χ3v) is 7.05. The van der Waals surface area contributed by atoms with Crippen LogP contribution in [0, 0.1) is 0 Å². The van der Waals surface area contributed by atoms with E-state index >= 15 is 0 Å². The van der Waals surface area contributed by atoms with Gasteiger partial charge in [0.25, 0.3) is 0 Å². The van der Waals surface area contributed by atoms with Crippen LogP contribution < -0.4 is 5.32 Å². The van der Waals surface area contributed by atoms with E-state index in [-0.39, 0.29) is 20.9 Å². The Morgan fingerprint density at radius 1 is 0.889 bits per heavy atom. The summed E-state index contributed by atoms with van der Waals surface area (Å²) in [6.45, 7) is 10.9. The van der Waals surface area contributed by atoms with Crippen LogP contribution in [0.25, 0.3) is 0 Å². The predicted molar refractivity (Wildman–Crippen MR) is 74.7 cm³/mol. The van der Waals surface area contributed by atoms with Gasteiger partial charge in [0.1, 0.15) is 0 Å². The molecule has 2 spiro atoms. The fourth-order valence-corrected chi connectivity index (χ4v) is 5.41. The second-order valence-corrected chi connectivity index (χ2v) is 8.97. The summed E-state index contributed by atoms with van der Waals surface area (Å²) < 4.78 is 11.9. The standard InChI is InChI=1S/C14H25NO2S/c1-11(2)12(3,4)18-13(15-11)5-7-14(8-6-13)16-9-10-17-14/h15H,5-10H2,1-4H3. The summed E-state index contributed by atoms with van der Waals surface area (Å²) in [4.78, 5) is 0.230. The molecule has 18 heavy (non-hydrogen) atoms. The molecule has 0 aromatic carbocycles. The summed E-state index contributed by atoms with van der Waals surface area (Å²) in [5, 5.41) is 3.89. The molecule has 3 fully saturated rings. The van der Waals surface area contributed by atoms with Gasteiger partial charge in [-0.25, -0.2) is 0 Å². The van der Waals surface area contributed by atoms with Crippen molar-refractivity contribution in [3.8, 4) is 0 Å². The third kappa shape index (κ3) is 1.92. The molecule has 0 unspecified atom stereocenters. The normalized spacial score (nSPS) is 35.3. The minimum Gasteiger partial charge on any atom is -0.348 e. The summed E-state index contributed by atoms with van der Waals surface area (Å²) in [5.41, 5.74) is 0.180. The molecule has 1 aliphatic carbocycles. The zero-order valence-corrected chi connectivity index (χ0v) is 12.8. The zero-order valence-electron chi connectivity index (χ0n) is 12.0. The first-order chi connectivity index (χ1) is 8.29. The lowest BCUT2D eigenvalue weighted by molar-refractivity contribution is -0.181. The van der Waals surface area contributed by atoms with E-state index in [4.69, 9.17) is 9.47 Å². The Bertz CT molecular complexity index is 320. The van der Waals surface area contributed by atoms with Crippen molar-refractivity contribution in [1.82, 2.24) is 5.32 Å². The minimum atomic E-state index is -0.246. The maximum atomic E-state index is 5.83. The van der Waals surface area contributed by atoms with Gasteiger partial charge in [-0.1, -0.05) is 0 Å². The van der Waals surface area contributed by atoms with Crippen LogP contribution in [0.4, 0.5) is 0 Å². The van der Waals surface area contributed by atoms with Gasteiger partial charge < -0.3 is 9.47 Å². The Balaban J connectivity index is 1.73. The summed E-state index contributed by atoms with van der Waals surface area (Å²) in [5.74, 6) is -0.246. The van der Waals surface area contributed by atoms with Gasteiger partial charge >= 0.3 is 0 Å². The Labute approximate surface area is 114 Å². The van der Waals surface area contributed by atoms with Gasteiger partial charge in [-0.2, -0.15) is 0 Å². The van der Waals surface area contributed by atoms with E-state index in [1.807, 2.05) is 0 Å². The maximum absolute atomic E-state index is 5.83. The summed E-state index contributed by atoms with van der Waals surface area (Å²) in [7, 11) is 0. The highest BCUT2D eigenvalue weighted by Crippen LogP contribution is 2.56. The van der Waals surface area contributed by atoms with Crippen molar-refractivity contribution in [2.45, 2.75) is 74.3 Å². The van der Waals surface area contributed by atoms with Crippen LogP contribution in [0.2, 0.25) is 0 Å². The fraction of sp³-hybridized carbons (Fsp3) is 1.00. The summed E-state index contributed by atoms with van der Waals surface area (Å²) >= 11 is 2.12. The van der Waals surface area contributed by atoms with Crippen LogP contribution in [0.5, 0.6) is 0 Å². The number of thioether (sulfide) groups is 1. The molecular formula is C14H25NO2S. The molecule has 0 atom stereocenters. The van der Waals surface area contributed by atoms with Gasteiger partial charge in [0.05, 0.1) is 18.1 Å². The predicted octanol–water partition coefficient (Wildman–Crippen LogP) is 2.89. The lowest BCUT2D eigenvalue weighted by atomic mass is 9.85. The maximum Gasteiger partial charge on any atom is 0.168 e. The summed E-state index contributed by atoms with van der Waals surface area (Å²) in [6.07, 6.45) is 4.34. The van der Waals surface area contributed by atoms with Crippen molar-refractivity contribution >= 4 is 11.8 Å². The number of rotatable bonds is 0. The van der Waals surface area contributed by atoms with Gasteiger partial charge in [-0.3, -0.25) is 5.32 Å². The van der Waals surface area contributed by atoms with Gasteiger partial charge in [0.2, 0.25) is 0 Å². The highest BCUT2D eigenvalue weighted by molar-refractivity contribution is 8.02. The van der Waals surface area contributed by atoms with Gasteiger partial charge in [-0.15, -0.1) is 11.8 Å². The molecule has 2 heterocycles. The van der Waals surface area contributed by atoms with Crippen LogP contribution in [-0.2, 0) is 9.47 Å². The van der Waals surface area contributed by atoms with Crippen LogP contribution in [0.3, 0.4) is 0 Å². The zero-order chi connectivity index (χ0) is 13.1. The van der Waals surface area contributed by atoms with Crippen molar-refractivity contribution in [3.05, 3.63) is 0 Å². The molecule has 1 saturated carbocycles. The molecule has 104 valence electrons. The highest BCUT2D eigenvalue weighted by atomic mass is 32.2. The number of ether oxygens (including phenoxy) is 2. The molecule has 3 rings (SSSR count). The van der Waals surface area contributed by atoms with Crippen molar-refractivity contribution in [2.24, 2.45) is 0 Å². The van der Waals surface area contributed by atoms with Gasteiger partial charge in [-0.05, 0) is 40.5 Å². The van der Waals surface area contributed by atoms with E-state index in [0.29, 0.717) is 0 Å². The Kier molecular flexibility index (Phi) is 2.85. The lowest BCUT2D eigenvalue weighted by Crippen LogP contribution is -2.54. The SMILES string of the molecule is CC1(C)NC2(CCC3(CC2)OCCO3)SC1(C)C. The minimum absolute atomic E-state index is 0.180. The number of hydrogen-bond acceptors (Lipinski definition) is 4. The molecule has 3 aliphatic rings. The molecule has 0 bridgehead atoms. The molecule has 0 aromatic rings. The largest absolute Gasteiger partial charge is 0.348 e. The topological polar surface area (TPSA) is 30.5 Å². The van der Waals surface area contributed by atoms with E-state index in [1.165, 1.54) is 0 Å². The van der Waals surface area contributed by atoms with E-state index < -0.39 is 0 Å². The number of nitrogens with one attached hydrogen (secondary N) is 1. The van der Waals surface area contributed by atoms with Gasteiger partial charge in [0, 0.05) is 23.1 Å². The fourth-order valence-electron chi connectivity index (χ4n) is 3.41. The monoisotopic (exact) mass is 271 g/mol. The second-order valence-electron chi connectivity index (χ2n) is 6.96. The molecule has 0 radical (unpaired) electrons. The van der Waals surface area contributed by atoms with E-state index in [0.717, 1.165) is 38.9 Å². The van der Waals surface area contributed by atoms with Crippen LogP contribution >= 0.6 is 11.8 Å². The smallest absolute Gasteiger partial charge is 0.168 e. The van der Waals surface area contributed by atoms with E-state index in [2.05, 4.69) is 44.8 Å². The highest BCUT2D eigenvalue weighted by Gasteiger charge is 2.57. The molecule has 1 N–H and O–H groups in total. The first kappa shape index (κ1) is 13.2. The third-order valence-electron chi connectivity index (χ3n) is 5.13. The van der Waals surface area contributed by atoms with E-state index in [1.54, 1.807) is 0 Å². The van der Waals surface area contributed by atoms with Crippen molar-refractivity contribution in [3.63, 3.8) is 0 Å². The Hall–Kier alpha value is 0.230. The Morgan fingerprint density at radius 3 is 1.89 bits per heavy atom. The first-order valence-corrected chi connectivity index (χ1v) is 7.87. The molecule has 4 heteroatoms. The Morgan fingerprint density at radius 2 is 1.44 bits per heavy atom. The van der Waals surface area contributed by atoms with Crippen LogP contribution in [0.1, 0.15) is 53.4 Å². The van der Waals surface area contributed by atoms with E-state index in [9.17, 15) is 0 Å². The molecule has 3 nitrogen and oxygen atoms in total. The lowest BCUT2D eigenvalue weighted by Gasteiger charge is -2.42. The van der Waals surface area contributed by atoms with Crippen molar-refractivity contribution < 1.29 is 9.47 Å². The molecule has 2 saturated heterocycles. The van der Waals surface area contributed by atoms with Gasteiger partial charge in [0.15, 0.2) is 5.79 Å². The molecular weight excluding hydrogens is 246 g/mol. The van der Waals surface area contributed by atoms with Crippen molar-refractivity contribution in [2.75, 3.05) is 13.2 Å². The molecule has 2 aliphatic heterocycles. The molecule has 0 amide bonds. The van der Waals surface area contributed by atoms with Crippen molar-refractivity contribution in [1.29, 1.82) is 0 Å². The quantitative estimate of drug-likeness (QED) is 0.734. The first-order valence-electron chi connectivity index (χ1n) is 7.06. The van der Waals surface area contributed by atoms with Crippen LogP contribution in [0.15, 0.2) is 0 Å². The average molecular weight is 271 g/mol. The molecule has 0 aromatic heterocycles. The average Bonchev–Trinajstić information content (AvgIpc) is 2.76. The van der Waals surface area contributed by atoms with Crippen LogP contribution in [-0.4, -0.2) is 34.2 Å². The number of hydrogen-bond donors (Lipinski definition) is 1.